The Kier molecular flexibility index (Phi) is 3.93. The van der Waals surface area contributed by atoms with Gasteiger partial charge in [-0.05, 0) is 31.0 Å². The molecule has 0 unspecified atom stereocenters. The first-order valence-electron chi connectivity index (χ1n) is 4.81. The Balaban J connectivity index is 2.99. The fourth-order valence-electron chi connectivity index (χ4n) is 1.18. The molecular formula is C12H14O2S. The Labute approximate surface area is 91.2 Å². The molecule has 0 bridgehead atoms. The molecule has 1 aromatic rings. The Morgan fingerprint density at radius 3 is 2.27 bits per heavy atom. The SMILES string of the molecule is CC#CCS(=O)(=O)c1ccc(CC)cc1. The highest BCUT2D eigenvalue weighted by molar-refractivity contribution is 7.91. The molecule has 0 aliphatic rings. The summed E-state index contributed by atoms with van der Waals surface area (Å²) in [5.74, 6) is 5.06. The summed E-state index contributed by atoms with van der Waals surface area (Å²) in [6, 6.07) is 6.97. The Morgan fingerprint density at radius 2 is 1.80 bits per heavy atom. The molecule has 0 amide bonds. The largest absolute Gasteiger partial charge is 0.223 e. The Hall–Kier alpha value is -1.27. The molecule has 0 aliphatic heterocycles. The predicted octanol–water partition coefficient (Wildman–Crippen LogP) is 2.05. The van der Waals surface area contributed by atoms with E-state index < -0.39 is 9.84 Å². The van der Waals surface area contributed by atoms with Crippen molar-refractivity contribution in [3.63, 3.8) is 0 Å². The van der Waals surface area contributed by atoms with Crippen LogP contribution < -0.4 is 0 Å². The molecule has 0 radical (unpaired) electrons. The van der Waals surface area contributed by atoms with Crippen molar-refractivity contribution in [2.24, 2.45) is 0 Å². The molecule has 1 aromatic carbocycles. The quantitative estimate of drug-likeness (QED) is 0.733. The van der Waals surface area contributed by atoms with Crippen LogP contribution in [0.25, 0.3) is 0 Å². The monoisotopic (exact) mass is 222 g/mol. The highest BCUT2D eigenvalue weighted by Crippen LogP contribution is 2.12. The van der Waals surface area contributed by atoms with E-state index in [2.05, 4.69) is 11.8 Å². The van der Waals surface area contributed by atoms with E-state index in [0.717, 1.165) is 12.0 Å². The van der Waals surface area contributed by atoms with Crippen LogP contribution in [0.5, 0.6) is 0 Å². The molecule has 3 heteroatoms. The Morgan fingerprint density at radius 1 is 1.20 bits per heavy atom. The van der Waals surface area contributed by atoms with Gasteiger partial charge in [0, 0.05) is 0 Å². The topological polar surface area (TPSA) is 34.1 Å². The molecule has 15 heavy (non-hydrogen) atoms. The van der Waals surface area contributed by atoms with Crippen molar-refractivity contribution >= 4 is 9.84 Å². The van der Waals surface area contributed by atoms with Crippen molar-refractivity contribution in [1.82, 2.24) is 0 Å². The number of sulfone groups is 1. The second-order valence-corrected chi connectivity index (χ2v) is 5.17. The lowest BCUT2D eigenvalue weighted by molar-refractivity contribution is 0.599. The van der Waals surface area contributed by atoms with Gasteiger partial charge in [-0.3, -0.25) is 0 Å². The highest BCUT2D eigenvalue weighted by Gasteiger charge is 2.11. The van der Waals surface area contributed by atoms with Gasteiger partial charge in [-0.2, -0.15) is 0 Å². The van der Waals surface area contributed by atoms with Crippen molar-refractivity contribution in [1.29, 1.82) is 0 Å². The molecular weight excluding hydrogens is 208 g/mol. The third kappa shape index (κ3) is 3.10. The van der Waals surface area contributed by atoms with E-state index in [9.17, 15) is 8.42 Å². The molecule has 0 N–H and O–H groups in total. The van der Waals surface area contributed by atoms with Gasteiger partial charge in [-0.15, -0.1) is 5.92 Å². The molecule has 0 spiro atoms. The zero-order valence-electron chi connectivity index (χ0n) is 8.95. The van der Waals surface area contributed by atoms with E-state index in [0.29, 0.717) is 4.90 Å². The van der Waals surface area contributed by atoms with Gasteiger partial charge < -0.3 is 0 Å². The van der Waals surface area contributed by atoms with E-state index in [4.69, 9.17) is 0 Å². The van der Waals surface area contributed by atoms with E-state index in [1.165, 1.54) is 0 Å². The van der Waals surface area contributed by atoms with Crippen LogP contribution in [-0.2, 0) is 16.3 Å². The summed E-state index contributed by atoms with van der Waals surface area (Å²) in [4.78, 5) is 0.349. The first-order valence-corrected chi connectivity index (χ1v) is 6.46. The third-order valence-corrected chi connectivity index (χ3v) is 3.64. The number of hydrogen-bond acceptors (Lipinski definition) is 2. The summed E-state index contributed by atoms with van der Waals surface area (Å²) in [6.07, 6.45) is 0.912. The first kappa shape index (κ1) is 11.8. The van der Waals surface area contributed by atoms with Gasteiger partial charge in [0.05, 0.1) is 4.90 Å². The lowest BCUT2D eigenvalue weighted by Gasteiger charge is -2.01. The predicted molar refractivity (Wildman–Crippen MR) is 61.3 cm³/mol. The number of benzene rings is 1. The Bertz CT molecular complexity index is 473. The maximum absolute atomic E-state index is 11.7. The summed E-state index contributed by atoms with van der Waals surface area (Å²) in [5.41, 5.74) is 1.13. The molecule has 0 aliphatic carbocycles. The fraction of sp³-hybridized carbons (Fsp3) is 0.333. The second-order valence-electron chi connectivity index (χ2n) is 3.18. The van der Waals surface area contributed by atoms with Crippen molar-refractivity contribution in [3.8, 4) is 11.8 Å². The van der Waals surface area contributed by atoms with Crippen LogP contribution >= 0.6 is 0 Å². The lowest BCUT2D eigenvalue weighted by atomic mass is 10.2. The van der Waals surface area contributed by atoms with Gasteiger partial charge in [0.2, 0.25) is 0 Å². The van der Waals surface area contributed by atoms with E-state index in [1.807, 2.05) is 19.1 Å². The van der Waals surface area contributed by atoms with E-state index >= 15 is 0 Å². The van der Waals surface area contributed by atoms with Crippen molar-refractivity contribution < 1.29 is 8.42 Å². The van der Waals surface area contributed by atoms with Crippen LogP contribution in [0.4, 0.5) is 0 Å². The minimum Gasteiger partial charge on any atom is -0.223 e. The van der Waals surface area contributed by atoms with Gasteiger partial charge in [-0.1, -0.05) is 25.0 Å². The number of rotatable bonds is 3. The van der Waals surface area contributed by atoms with E-state index in [-0.39, 0.29) is 5.75 Å². The molecule has 0 heterocycles. The maximum Gasteiger partial charge on any atom is 0.189 e. The van der Waals surface area contributed by atoms with Crippen LogP contribution in [-0.4, -0.2) is 14.2 Å². The van der Waals surface area contributed by atoms with Gasteiger partial charge in [0.15, 0.2) is 9.84 Å². The van der Waals surface area contributed by atoms with Crippen LogP contribution in [0, 0.1) is 11.8 Å². The first-order chi connectivity index (χ1) is 7.10. The molecule has 1 rings (SSSR count). The van der Waals surface area contributed by atoms with Crippen molar-refractivity contribution in [2.75, 3.05) is 5.75 Å². The zero-order chi connectivity index (χ0) is 11.3. The van der Waals surface area contributed by atoms with Crippen LogP contribution in [0.15, 0.2) is 29.2 Å². The smallest absolute Gasteiger partial charge is 0.189 e. The number of aryl methyl sites for hydroxylation is 1. The molecule has 0 saturated heterocycles. The van der Waals surface area contributed by atoms with Crippen molar-refractivity contribution in [3.05, 3.63) is 29.8 Å². The van der Waals surface area contributed by atoms with Gasteiger partial charge >= 0.3 is 0 Å². The van der Waals surface area contributed by atoms with Gasteiger partial charge in [0.25, 0.3) is 0 Å². The normalized spacial score (nSPS) is 10.5. The summed E-state index contributed by atoms with van der Waals surface area (Å²) in [6.45, 7) is 3.67. The molecule has 0 fully saturated rings. The summed E-state index contributed by atoms with van der Waals surface area (Å²) in [5, 5.41) is 0. The average molecular weight is 222 g/mol. The van der Waals surface area contributed by atoms with Crippen LogP contribution in [0.3, 0.4) is 0 Å². The van der Waals surface area contributed by atoms with Gasteiger partial charge in [0.1, 0.15) is 5.75 Å². The van der Waals surface area contributed by atoms with E-state index in [1.54, 1.807) is 19.1 Å². The third-order valence-electron chi connectivity index (χ3n) is 2.13. The van der Waals surface area contributed by atoms with Crippen LogP contribution in [0.1, 0.15) is 19.4 Å². The lowest BCUT2D eigenvalue weighted by Crippen LogP contribution is -2.04. The molecule has 80 valence electrons. The maximum atomic E-state index is 11.7. The molecule has 0 atom stereocenters. The molecule has 0 saturated carbocycles. The van der Waals surface area contributed by atoms with Crippen molar-refractivity contribution in [2.45, 2.75) is 25.2 Å². The minimum atomic E-state index is -3.22. The second kappa shape index (κ2) is 4.99. The molecule has 2 nitrogen and oxygen atoms in total. The highest BCUT2D eigenvalue weighted by atomic mass is 32.2. The van der Waals surface area contributed by atoms with Crippen LogP contribution in [0.2, 0.25) is 0 Å². The number of hydrogen-bond donors (Lipinski definition) is 0. The minimum absolute atomic E-state index is 0.102. The summed E-state index contributed by atoms with van der Waals surface area (Å²) >= 11 is 0. The zero-order valence-corrected chi connectivity index (χ0v) is 9.76. The average Bonchev–Trinajstić information content (AvgIpc) is 2.26. The standard InChI is InChI=1S/C12H14O2S/c1-3-5-10-15(13,14)12-8-6-11(4-2)7-9-12/h6-9H,4,10H2,1-2H3. The summed E-state index contributed by atoms with van der Waals surface area (Å²) in [7, 11) is -3.22. The fourth-order valence-corrected chi connectivity index (χ4v) is 2.23. The van der Waals surface area contributed by atoms with Gasteiger partial charge in [-0.25, -0.2) is 8.42 Å². The molecule has 0 aromatic heterocycles. The summed E-state index contributed by atoms with van der Waals surface area (Å²) < 4.78 is 23.4.